The lowest BCUT2D eigenvalue weighted by Crippen LogP contribution is -2.33. The van der Waals surface area contributed by atoms with E-state index in [0.717, 1.165) is 0 Å². The third-order valence-corrected chi connectivity index (χ3v) is 4.17. The zero-order valence-corrected chi connectivity index (χ0v) is 16.8. The number of hydrogen-bond donors (Lipinski definition) is 0. The number of esters is 2. The normalized spacial score (nSPS) is 10.7. The van der Waals surface area contributed by atoms with Crippen LogP contribution in [0.5, 0.6) is 0 Å². The first-order chi connectivity index (χ1) is 14.3. The molecule has 30 heavy (non-hydrogen) atoms. The number of nitro benzene ring substituents is 1. The standard InChI is InChI=1S/C20H22N2O8/c1-4-29-19(24)17(20(25)30-5-2)15-7-6-10-21(18(15)23)16-9-8-14(22(26)27)11-13(16)12-28-3/h6-11,17H,4-5,12H2,1-3H3. The summed E-state index contributed by atoms with van der Waals surface area (Å²) in [5.74, 6) is -3.34. The monoisotopic (exact) mass is 418 g/mol. The topological polar surface area (TPSA) is 127 Å². The van der Waals surface area contributed by atoms with E-state index in [1.807, 2.05) is 0 Å². The molecule has 10 heteroatoms. The summed E-state index contributed by atoms with van der Waals surface area (Å²) in [4.78, 5) is 48.5. The molecule has 0 bridgehead atoms. The number of ether oxygens (including phenoxy) is 3. The fourth-order valence-corrected chi connectivity index (χ4v) is 2.91. The minimum atomic E-state index is -1.55. The molecule has 0 aliphatic rings. The van der Waals surface area contributed by atoms with Gasteiger partial charge in [-0.15, -0.1) is 0 Å². The molecular weight excluding hydrogens is 396 g/mol. The van der Waals surface area contributed by atoms with Crippen LogP contribution in [0.1, 0.15) is 30.9 Å². The molecule has 0 aliphatic carbocycles. The predicted octanol–water partition coefficient (Wildman–Crippen LogP) is 2.10. The van der Waals surface area contributed by atoms with Gasteiger partial charge in [0.25, 0.3) is 11.2 Å². The number of methoxy groups -OCH3 is 1. The first-order valence-corrected chi connectivity index (χ1v) is 9.17. The number of rotatable bonds is 9. The first kappa shape index (κ1) is 22.8. The van der Waals surface area contributed by atoms with Gasteiger partial charge in [0, 0.05) is 36.6 Å². The van der Waals surface area contributed by atoms with Gasteiger partial charge in [-0.3, -0.25) is 29.1 Å². The lowest BCUT2D eigenvalue weighted by Gasteiger charge is -2.17. The molecule has 1 aromatic heterocycles. The second-order valence-corrected chi connectivity index (χ2v) is 6.08. The molecule has 0 spiro atoms. The highest BCUT2D eigenvalue weighted by Crippen LogP contribution is 2.23. The number of carbonyl (C=O) groups excluding carboxylic acids is 2. The lowest BCUT2D eigenvalue weighted by molar-refractivity contribution is -0.384. The number of non-ortho nitro benzene ring substituents is 1. The Morgan fingerprint density at radius 2 is 1.77 bits per heavy atom. The molecule has 0 N–H and O–H groups in total. The Hall–Kier alpha value is -3.53. The summed E-state index contributed by atoms with van der Waals surface area (Å²) in [7, 11) is 1.42. The highest BCUT2D eigenvalue weighted by molar-refractivity contribution is 6.00. The van der Waals surface area contributed by atoms with Gasteiger partial charge in [-0.1, -0.05) is 6.07 Å². The van der Waals surface area contributed by atoms with E-state index in [2.05, 4.69) is 0 Å². The number of pyridine rings is 1. The fourth-order valence-electron chi connectivity index (χ4n) is 2.91. The molecule has 0 aliphatic heterocycles. The van der Waals surface area contributed by atoms with Crippen LogP contribution in [0.25, 0.3) is 5.69 Å². The van der Waals surface area contributed by atoms with Crippen LogP contribution in [0.4, 0.5) is 5.69 Å². The van der Waals surface area contributed by atoms with Gasteiger partial charge in [0.15, 0.2) is 5.92 Å². The number of benzene rings is 1. The van der Waals surface area contributed by atoms with Crippen LogP contribution in [0, 0.1) is 10.1 Å². The molecule has 1 aromatic carbocycles. The molecule has 0 atom stereocenters. The van der Waals surface area contributed by atoms with Gasteiger partial charge in [-0.25, -0.2) is 0 Å². The van der Waals surface area contributed by atoms with E-state index in [4.69, 9.17) is 14.2 Å². The second kappa shape index (κ2) is 10.3. The summed E-state index contributed by atoms with van der Waals surface area (Å²) in [6.45, 7) is 3.22. The zero-order chi connectivity index (χ0) is 22.3. The maximum Gasteiger partial charge on any atom is 0.325 e. The van der Waals surface area contributed by atoms with E-state index in [0.29, 0.717) is 11.3 Å². The number of aromatic nitrogens is 1. The minimum Gasteiger partial charge on any atom is -0.465 e. The van der Waals surface area contributed by atoms with Crippen molar-refractivity contribution in [3.05, 3.63) is 68.1 Å². The van der Waals surface area contributed by atoms with E-state index >= 15 is 0 Å². The summed E-state index contributed by atoms with van der Waals surface area (Å²) >= 11 is 0. The van der Waals surface area contributed by atoms with E-state index in [-0.39, 0.29) is 31.1 Å². The van der Waals surface area contributed by atoms with Crippen molar-refractivity contribution in [3.8, 4) is 5.69 Å². The Morgan fingerprint density at radius 1 is 1.13 bits per heavy atom. The van der Waals surface area contributed by atoms with Crippen LogP contribution < -0.4 is 5.56 Å². The maximum absolute atomic E-state index is 13.2. The van der Waals surface area contributed by atoms with Gasteiger partial charge in [0.1, 0.15) is 0 Å². The molecule has 0 saturated heterocycles. The molecule has 0 amide bonds. The maximum atomic E-state index is 13.2. The van der Waals surface area contributed by atoms with Crippen LogP contribution >= 0.6 is 0 Å². The van der Waals surface area contributed by atoms with Gasteiger partial charge >= 0.3 is 11.9 Å². The highest BCUT2D eigenvalue weighted by Gasteiger charge is 2.34. The van der Waals surface area contributed by atoms with Crippen LogP contribution in [-0.2, 0) is 30.4 Å². The van der Waals surface area contributed by atoms with Crippen molar-refractivity contribution in [2.75, 3.05) is 20.3 Å². The molecular formula is C20H22N2O8. The molecule has 2 rings (SSSR count). The van der Waals surface area contributed by atoms with Gasteiger partial charge in [-0.05, 0) is 26.0 Å². The SMILES string of the molecule is CCOC(=O)C(C(=O)OCC)c1cccn(-c2ccc([N+](=O)[O-])cc2COC)c1=O. The van der Waals surface area contributed by atoms with Gasteiger partial charge in [0.05, 0.1) is 30.4 Å². The van der Waals surface area contributed by atoms with Gasteiger partial charge in [-0.2, -0.15) is 0 Å². The Bertz CT molecular complexity index is 981. The number of hydrogen-bond acceptors (Lipinski definition) is 8. The van der Waals surface area contributed by atoms with Crippen molar-refractivity contribution in [3.63, 3.8) is 0 Å². The highest BCUT2D eigenvalue weighted by atomic mass is 16.6. The Kier molecular flexibility index (Phi) is 7.82. The summed E-state index contributed by atoms with van der Waals surface area (Å²) in [6.07, 6.45) is 1.43. The Morgan fingerprint density at radius 3 is 2.30 bits per heavy atom. The molecule has 160 valence electrons. The summed E-state index contributed by atoms with van der Waals surface area (Å²) < 4.78 is 16.2. The summed E-state index contributed by atoms with van der Waals surface area (Å²) in [6, 6.07) is 6.79. The van der Waals surface area contributed by atoms with Crippen molar-refractivity contribution in [1.29, 1.82) is 0 Å². The zero-order valence-electron chi connectivity index (χ0n) is 16.8. The minimum absolute atomic E-state index is 0.00681. The molecule has 0 saturated carbocycles. The molecule has 0 unspecified atom stereocenters. The van der Waals surface area contributed by atoms with Crippen molar-refractivity contribution in [2.24, 2.45) is 0 Å². The third-order valence-electron chi connectivity index (χ3n) is 4.17. The number of nitro groups is 1. The molecule has 0 radical (unpaired) electrons. The summed E-state index contributed by atoms with van der Waals surface area (Å²) in [5, 5.41) is 11.1. The molecule has 10 nitrogen and oxygen atoms in total. The fraction of sp³-hybridized carbons (Fsp3) is 0.350. The van der Waals surface area contributed by atoms with Crippen LogP contribution in [-0.4, -0.2) is 41.8 Å². The van der Waals surface area contributed by atoms with Gasteiger partial charge in [0.2, 0.25) is 0 Å². The predicted molar refractivity (Wildman–Crippen MR) is 105 cm³/mol. The molecule has 1 heterocycles. The van der Waals surface area contributed by atoms with Crippen molar-refractivity contribution in [1.82, 2.24) is 4.57 Å². The average molecular weight is 418 g/mol. The number of nitrogens with zero attached hydrogens (tertiary/aromatic N) is 2. The van der Waals surface area contributed by atoms with Crippen LogP contribution in [0.15, 0.2) is 41.3 Å². The van der Waals surface area contributed by atoms with E-state index in [1.165, 1.54) is 48.2 Å². The number of carbonyl (C=O) groups is 2. The lowest BCUT2D eigenvalue weighted by atomic mass is 10.0. The van der Waals surface area contributed by atoms with E-state index in [9.17, 15) is 24.5 Å². The van der Waals surface area contributed by atoms with Crippen molar-refractivity contribution >= 4 is 17.6 Å². The quantitative estimate of drug-likeness (QED) is 0.262. The Labute approximate surface area is 172 Å². The largest absolute Gasteiger partial charge is 0.465 e. The summed E-state index contributed by atoms with van der Waals surface area (Å²) in [5.41, 5.74) is -0.243. The third kappa shape index (κ3) is 4.90. The van der Waals surface area contributed by atoms with Gasteiger partial charge < -0.3 is 14.2 Å². The van der Waals surface area contributed by atoms with Crippen molar-refractivity contribution in [2.45, 2.75) is 26.4 Å². The second-order valence-electron chi connectivity index (χ2n) is 6.08. The Balaban J connectivity index is 2.65. The van der Waals surface area contributed by atoms with Crippen LogP contribution in [0.2, 0.25) is 0 Å². The first-order valence-electron chi connectivity index (χ1n) is 9.17. The van der Waals surface area contributed by atoms with Crippen molar-refractivity contribution < 1.29 is 28.7 Å². The van der Waals surface area contributed by atoms with E-state index in [1.54, 1.807) is 13.8 Å². The van der Waals surface area contributed by atoms with Crippen LogP contribution in [0.3, 0.4) is 0 Å². The molecule has 0 fully saturated rings. The smallest absolute Gasteiger partial charge is 0.325 e. The van der Waals surface area contributed by atoms with E-state index < -0.39 is 28.3 Å². The average Bonchev–Trinajstić information content (AvgIpc) is 2.70. The molecule has 2 aromatic rings.